The Morgan fingerprint density at radius 3 is 2.81 bits per heavy atom. The SMILES string of the molecule is Cc1ccc(Cl)cc1OCc1ccc(F)cc1C(N)=NO. The number of oxime groups is 1. The van der Waals surface area contributed by atoms with E-state index in [1.165, 1.54) is 18.2 Å². The summed E-state index contributed by atoms with van der Waals surface area (Å²) in [5.74, 6) is -0.0208. The zero-order valence-corrected chi connectivity index (χ0v) is 12.1. The van der Waals surface area contributed by atoms with Crippen LogP contribution in [0.25, 0.3) is 0 Å². The summed E-state index contributed by atoms with van der Waals surface area (Å²) in [6, 6.07) is 9.32. The number of nitrogens with zero attached hydrogens (tertiary/aromatic N) is 1. The molecule has 0 atom stereocenters. The summed E-state index contributed by atoms with van der Waals surface area (Å²) >= 11 is 5.92. The van der Waals surface area contributed by atoms with Gasteiger partial charge in [0, 0.05) is 16.1 Å². The van der Waals surface area contributed by atoms with Gasteiger partial charge in [-0.25, -0.2) is 4.39 Å². The summed E-state index contributed by atoms with van der Waals surface area (Å²) in [7, 11) is 0. The molecule has 0 aromatic heterocycles. The Labute approximate surface area is 126 Å². The lowest BCUT2D eigenvalue weighted by Crippen LogP contribution is -2.17. The number of rotatable bonds is 4. The molecule has 0 spiro atoms. The Morgan fingerprint density at radius 1 is 1.33 bits per heavy atom. The molecular formula is C15H14ClFN2O2. The van der Waals surface area contributed by atoms with Crippen LogP contribution >= 0.6 is 11.6 Å². The van der Waals surface area contributed by atoms with E-state index in [1.807, 2.05) is 13.0 Å². The normalized spacial score (nSPS) is 11.5. The molecule has 0 saturated heterocycles. The first-order valence-corrected chi connectivity index (χ1v) is 6.54. The maximum absolute atomic E-state index is 13.3. The summed E-state index contributed by atoms with van der Waals surface area (Å²) < 4.78 is 19.0. The Kier molecular flexibility index (Phi) is 4.65. The number of nitrogens with two attached hydrogens (primary N) is 1. The predicted molar refractivity (Wildman–Crippen MR) is 79.4 cm³/mol. The number of halogens is 2. The summed E-state index contributed by atoms with van der Waals surface area (Å²) in [5, 5.41) is 12.2. The smallest absolute Gasteiger partial charge is 0.170 e. The molecule has 2 aromatic rings. The molecule has 6 heteroatoms. The van der Waals surface area contributed by atoms with Crippen molar-refractivity contribution in [3.8, 4) is 5.75 Å². The zero-order chi connectivity index (χ0) is 15.4. The van der Waals surface area contributed by atoms with Gasteiger partial charge in [-0.1, -0.05) is 28.9 Å². The first kappa shape index (κ1) is 15.1. The van der Waals surface area contributed by atoms with E-state index in [0.717, 1.165) is 5.56 Å². The second kappa shape index (κ2) is 6.45. The van der Waals surface area contributed by atoms with Crippen LogP contribution in [0.1, 0.15) is 16.7 Å². The van der Waals surface area contributed by atoms with Crippen LogP contribution in [0, 0.1) is 12.7 Å². The van der Waals surface area contributed by atoms with Gasteiger partial charge in [-0.2, -0.15) is 0 Å². The molecular weight excluding hydrogens is 295 g/mol. The molecule has 110 valence electrons. The first-order valence-electron chi connectivity index (χ1n) is 6.16. The van der Waals surface area contributed by atoms with E-state index in [2.05, 4.69) is 5.16 Å². The maximum Gasteiger partial charge on any atom is 0.170 e. The Balaban J connectivity index is 2.26. The van der Waals surface area contributed by atoms with E-state index in [-0.39, 0.29) is 18.0 Å². The van der Waals surface area contributed by atoms with Crippen LogP contribution in [0.15, 0.2) is 41.6 Å². The lowest BCUT2D eigenvalue weighted by molar-refractivity contribution is 0.303. The van der Waals surface area contributed by atoms with Gasteiger partial charge in [-0.15, -0.1) is 0 Å². The maximum atomic E-state index is 13.3. The number of benzene rings is 2. The molecule has 0 aliphatic carbocycles. The van der Waals surface area contributed by atoms with Gasteiger partial charge in [0.2, 0.25) is 0 Å². The highest BCUT2D eigenvalue weighted by Gasteiger charge is 2.10. The van der Waals surface area contributed by atoms with Crippen molar-refractivity contribution in [2.24, 2.45) is 10.9 Å². The lowest BCUT2D eigenvalue weighted by Gasteiger charge is -2.12. The predicted octanol–water partition coefficient (Wildman–Crippen LogP) is 3.46. The number of hydrogen-bond donors (Lipinski definition) is 2. The zero-order valence-electron chi connectivity index (χ0n) is 11.3. The minimum absolute atomic E-state index is 0.146. The fraction of sp³-hybridized carbons (Fsp3) is 0.133. The molecule has 0 unspecified atom stereocenters. The summed E-state index contributed by atoms with van der Waals surface area (Å²) in [5.41, 5.74) is 7.36. The second-order valence-electron chi connectivity index (χ2n) is 4.49. The summed E-state index contributed by atoms with van der Waals surface area (Å²) in [6.07, 6.45) is 0. The van der Waals surface area contributed by atoms with E-state index in [0.29, 0.717) is 16.3 Å². The second-order valence-corrected chi connectivity index (χ2v) is 4.92. The van der Waals surface area contributed by atoms with Gasteiger partial charge < -0.3 is 15.7 Å². The van der Waals surface area contributed by atoms with Crippen molar-refractivity contribution >= 4 is 17.4 Å². The van der Waals surface area contributed by atoms with Crippen molar-refractivity contribution in [1.82, 2.24) is 0 Å². The molecule has 0 radical (unpaired) electrons. The molecule has 0 fully saturated rings. The van der Waals surface area contributed by atoms with E-state index in [9.17, 15) is 4.39 Å². The monoisotopic (exact) mass is 308 g/mol. The highest BCUT2D eigenvalue weighted by Crippen LogP contribution is 2.24. The quantitative estimate of drug-likeness (QED) is 0.393. The van der Waals surface area contributed by atoms with Gasteiger partial charge in [0.15, 0.2) is 5.84 Å². The van der Waals surface area contributed by atoms with Crippen molar-refractivity contribution in [2.75, 3.05) is 0 Å². The molecule has 0 amide bonds. The number of hydrogen-bond acceptors (Lipinski definition) is 3. The standard InChI is InChI=1S/C15H14ClFN2O2/c1-9-2-4-11(16)6-14(9)21-8-10-3-5-12(17)7-13(10)15(18)19-20/h2-7,20H,8H2,1H3,(H2,18,19). The topological polar surface area (TPSA) is 67.8 Å². The molecule has 0 bridgehead atoms. The number of amidine groups is 1. The highest BCUT2D eigenvalue weighted by molar-refractivity contribution is 6.30. The fourth-order valence-corrected chi connectivity index (χ4v) is 2.01. The Bertz CT molecular complexity index is 689. The van der Waals surface area contributed by atoms with Crippen molar-refractivity contribution in [3.05, 3.63) is 63.9 Å². The summed E-state index contributed by atoms with van der Waals surface area (Å²) in [6.45, 7) is 2.04. The third-order valence-corrected chi connectivity index (χ3v) is 3.22. The van der Waals surface area contributed by atoms with Crippen molar-refractivity contribution in [2.45, 2.75) is 13.5 Å². The van der Waals surface area contributed by atoms with E-state index >= 15 is 0 Å². The largest absolute Gasteiger partial charge is 0.489 e. The molecule has 0 aliphatic rings. The van der Waals surface area contributed by atoms with Crippen molar-refractivity contribution < 1.29 is 14.3 Å². The van der Waals surface area contributed by atoms with Gasteiger partial charge in [-0.05, 0) is 36.8 Å². The van der Waals surface area contributed by atoms with Crippen LogP contribution in [0.4, 0.5) is 4.39 Å². The van der Waals surface area contributed by atoms with Crippen LogP contribution in [0.2, 0.25) is 5.02 Å². The fourth-order valence-electron chi connectivity index (χ4n) is 1.85. The molecule has 2 rings (SSSR count). The van der Waals surface area contributed by atoms with Crippen LogP contribution in [-0.2, 0) is 6.61 Å². The van der Waals surface area contributed by atoms with Crippen LogP contribution in [0.3, 0.4) is 0 Å². The third kappa shape index (κ3) is 3.64. The van der Waals surface area contributed by atoms with Gasteiger partial charge in [0.05, 0.1) is 0 Å². The van der Waals surface area contributed by atoms with Gasteiger partial charge in [-0.3, -0.25) is 0 Å². The average Bonchev–Trinajstić information content (AvgIpc) is 2.48. The van der Waals surface area contributed by atoms with Gasteiger partial charge in [0.1, 0.15) is 18.2 Å². The van der Waals surface area contributed by atoms with Crippen LogP contribution in [0.5, 0.6) is 5.75 Å². The molecule has 2 aromatic carbocycles. The molecule has 4 nitrogen and oxygen atoms in total. The van der Waals surface area contributed by atoms with Crippen molar-refractivity contribution in [3.63, 3.8) is 0 Å². The number of ether oxygens (including phenoxy) is 1. The van der Waals surface area contributed by atoms with Gasteiger partial charge >= 0.3 is 0 Å². The lowest BCUT2D eigenvalue weighted by atomic mass is 10.1. The average molecular weight is 309 g/mol. The third-order valence-electron chi connectivity index (χ3n) is 2.99. The van der Waals surface area contributed by atoms with E-state index in [1.54, 1.807) is 12.1 Å². The van der Waals surface area contributed by atoms with Gasteiger partial charge in [0.25, 0.3) is 0 Å². The first-order chi connectivity index (χ1) is 10.0. The summed E-state index contributed by atoms with van der Waals surface area (Å²) in [4.78, 5) is 0. The van der Waals surface area contributed by atoms with E-state index < -0.39 is 5.82 Å². The molecule has 0 saturated carbocycles. The molecule has 0 aliphatic heterocycles. The van der Waals surface area contributed by atoms with Crippen LogP contribution < -0.4 is 10.5 Å². The molecule has 21 heavy (non-hydrogen) atoms. The van der Waals surface area contributed by atoms with Crippen LogP contribution in [-0.4, -0.2) is 11.0 Å². The Hall–Kier alpha value is -2.27. The molecule has 3 N–H and O–H groups in total. The Morgan fingerprint density at radius 2 is 2.10 bits per heavy atom. The highest BCUT2D eigenvalue weighted by atomic mass is 35.5. The van der Waals surface area contributed by atoms with Crippen molar-refractivity contribution in [1.29, 1.82) is 0 Å². The van der Waals surface area contributed by atoms with E-state index in [4.69, 9.17) is 27.3 Å². The minimum atomic E-state index is -0.473. The molecule has 0 heterocycles. The number of aryl methyl sites for hydroxylation is 1. The minimum Gasteiger partial charge on any atom is -0.489 e.